The number of benzene rings is 1. The molecule has 22 heavy (non-hydrogen) atoms. The third-order valence-electron chi connectivity index (χ3n) is 3.71. The van der Waals surface area contributed by atoms with Gasteiger partial charge in [0.15, 0.2) is 9.84 Å². The van der Waals surface area contributed by atoms with Gasteiger partial charge in [-0.3, -0.25) is 4.90 Å². The zero-order valence-electron chi connectivity index (χ0n) is 12.3. The fourth-order valence-electron chi connectivity index (χ4n) is 2.54. The Kier molecular flexibility index (Phi) is 4.03. The van der Waals surface area contributed by atoms with Gasteiger partial charge in [0.2, 0.25) is 5.89 Å². The van der Waals surface area contributed by atoms with E-state index in [1.54, 1.807) is 30.5 Å². The second-order valence-corrected chi connectivity index (χ2v) is 7.63. The van der Waals surface area contributed by atoms with Crippen molar-refractivity contribution in [3.8, 4) is 11.5 Å². The summed E-state index contributed by atoms with van der Waals surface area (Å²) in [7, 11) is -3.20. The number of aromatic nitrogens is 1. The maximum absolute atomic E-state index is 11.4. The number of hydrogen-bond acceptors (Lipinski definition) is 6. The van der Waals surface area contributed by atoms with Crippen molar-refractivity contribution in [3.05, 3.63) is 36.2 Å². The minimum atomic E-state index is -3.20. The van der Waals surface area contributed by atoms with E-state index < -0.39 is 9.84 Å². The lowest BCUT2D eigenvalue weighted by atomic mass is 10.2. The lowest BCUT2D eigenvalue weighted by Gasteiger charge is -2.11. The van der Waals surface area contributed by atoms with Gasteiger partial charge < -0.3 is 9.52 Å². The lowest BCUT2D eigenvalue weighted by Crippen LogP contribution is -2.21. The molecule has 0 spiro atoms. The molecule has 7 heteroatoms. The largest absolute Gasteiger partial charge is 0.444 e. The molecule has 1 N–H and O–H groups in total. The topological polar surface area (TPSA) is 83.6 Å². The third-order valence-corrected chi connectivity index (χ3v) is 4.84. The van der Waals surface area contributed by atoms with Crippen LogP contribution < -0.4 is 0 Å². The summed E-state index contributed by atoms with van der Waals surface area (Å²) in [6.45, 7) is 2.15. The molecule has 118 valence electrons. The highest BCUT2D eigenvalue weighted by Crippen LogP contribution is 2.22. The average Bonchev–Trinajstić information content (AvgIpc) is 3.08. The van der Waals surface area contributed by atoms with Crippen LogP contribution in [0, 0.1) is 0 Å². The van der Waals surface area contributed by atoms with Crippen LogP contribution in [0.5, 0.6) is 0 Å². The molecule has 0 bridgehead atoms. The van der Waals surface area contributed by atoms with Crippen LogP contribution in [0.15, 0.2) is 39.8 Å². The summed E-state index contributed by atoms with van der Waals surface area (Å²) in [5, 5.41) is 9.52. The number of aliphatic hydroxyl groups excluding tert-OH is 1. The van der Waals surface area contributed by atoms with E-state index in [4.69, 9.17) is 4.42 Å². The number of nitrogens with zero attached hydrogens (tertiary/aromatic N) is 2. The monoisotopic (exact) mass is 322 g/mol. The molecular formula is C15H18N2O4S. The second-order valence-electron chi connectivity index (χ2n) is 5.62. The van der Waals surface area contributed by atoms with Crippen LogP contribution in [0.3, 0.4) is 0 Å². The molecule has 1 aromatic heterocycles. The van der Waals surface area contributed by atoms with Crippen LogP contribution in [0.25, 0.3) is 11.5 Å². The Hall–Kier alpha value is -1.70. The molecule has 1 atom stereocenters. The van der Waals surface area contributed by atoms with Crippen LogP contribution in [-0.4, -0.2) is 48.9 Å². The zero-order chi connectivity index (χ0) is 15.7. The molecule has 2 heterocycles. The summed E-state index contributed by atoms with van der Waals surface area (Å²) in [5.74, 6) is 0.467. The number of likely N-dealkylation sites (tertiary alicyclic amines) is 1. The van der Waals surface area contributed by atoms with Gasteiger partial charge >= 0.3 is 0 Å². The van der Waals surface area contributed by atoms with E-state index in [0.717, 1.165) is 24.2 Å². The van der Waals surface area contributed by atoms with Crippen molar-refractivity contribution in [1.29, 1.82) is 0 Å². The Bertz CT molecular complexity index is 752. The van der Waals surface area contributed by atoms with Gasteiger partial charge in [0.05, 0.1) is 16.7 Å². The molecule has 1 aliphatic rings. The van der Waals surface area contributed by atoms with Gasteiger partial charge in [-0.1, -0.05) is 0 Å². The zero-order valence-corrected chi connectivity index (χ0v) is 13.1. The Balaban J connectivity index is 1.73. The predicted molar refractivity (Wildman–Crippen MR) is 80.9 cm³/mol. The highest BCUT2D eigenvalue weighted by Gasteiger charge is 2.21. The molecule has 1 fully saturated rings. The van der Waals surface area contributed by atoms with Gasteiger partial charge in [-0.25, -0.2) is 13.4 Å². The molecular weight excluding hydrogens is 304 g/mol. The number of sulfone groups is 1. The smallest absolute Gasteiger partial charge is 0.226 e. The summed E-state index contributed by atoms with van der Waals surface area (Å²) in [6.07, 6.45) is 3.31. The van der Waals surface area contributed by atoms with Crippen molar-refractivity contribution in [2.45, 2.75) is 24.0 Å². The first-order valence-electron chi connectivity index (χ1n) is 7.07. The molecule has 1 aliphatic heterocycles. The Morgan fingerprint density at radius 3 is 2.68 bits per heavy atom. The summed E-state index contributed by atoms with van der Waals surface area (Å²) in [5.41, 5.74) is 1.54. The van der Waals surface area contributed by atoms with Crippen molar-refractivity contribution in [2.75, 3.05) is 19.3 Å². The number of hydrogen-bond donors (Lipinski definition) is 1. The van der Waals surface area contributed by atoms with Gasteiger partial charge in [0, 0.05) is 31.5 Å². The summed E-state index contributed by atoms with van der Waals surface area (Å²) < 4.78 is 28.3. The number of β-amino-alcohol motifs (C(OH)–C–C–N with tert-alkyl or cyclic N) is 1. The minimum absolute atomic E-state index is 0.255. The Labute approximate surface area is 129 Å². The van der Waals surface area contributed by atoms with E-state index in [9.17, 15) is 13.5 Å². The SMILES string of the molecule is CS(=O)(=O)c1ccc(-c2nc(CN3CC[C@H](O)C3)co2)cc1. The first kappa shape index (κ1) is 15.2. The van der Waals surface area contributed by atoms with E-state index in [1.165, 1.54) is 6.26 Å². The molecule has 1 saturated heterocycles. The fraction of sp³-hybridized carbons (Fsp3) is 0.400. The van der Waals surface area contributed by atoms with E-state index in [-0.39, 0.29) is 11.0 Å². The van der Waals surface area contributed by atoms with Crippen molar-refractivity contribution in [3.63, 3.8) is 0 Å². The molecule has 1 aromatic carbocycles. The molecule has 3 rings (SSSR count). The average molecular weight is 322 g/mol. The lowest BCUT2D eigenvalue weighted by molar-refractivity contribution is 0.174. The van der Waals surface area contributed by atoms with Gasteiger partial charge in [-0.15, -0.1) is 0 Å². The van der Waals surface area contributed by atoms with E-state index in [2.05, 4.69) is 9.88 Å². The number of oxazole rings is 1. The summed E-state index contributed by atoms with van der Waals surface area (Å²) >= 11 is 0. The molecule has 2 aromatic rings. The second kappa shape index (κ2) is 5.83. The van der Waals surface area contributed by atoms with Crippen molar-refractivity contribution in [1.82, 2.24) is 9.88 Å². The molecule has 0 radical (unpaired) electrons. The van der Waals surface area contributed by atoms with Crippen LogP contribution in [0.2, 0.25) is 0 Å². The standard InChI is InChI=1S/C15H18N2O4S/c1-22(19,20)14-4-2-11(3-5-14)15-16-12(10-21-15)8-17-7-6-13(18)9-17/h2-5,10,13,18H,6-9H2,1H3/t13-/m0/s1. The van der Waals surface area contributed by atoms with Gasteiger partial charge in [-0.05, 0) is 30.7 Å². The molecule has 6 nitrogen and oxygen atoms in total. The number of aliphatic hydroxyl groups is 1. The van der Waals surface area contributed by atoms with Crippen molar-refractivity contribution >= 4 is 9.84 Å². The first-order chi connectivity index (χ1) is 10.4. The molecule has 0 unspecified atom stereocenters. The van der Waals surface area contributed by atoms with E-state index in [1.807, 2.05) is 0 Å². The van der Waals surface area contributed by atoms with Crippen molar-refractivity contribution < 1.29 is 17.9 Å². The normalized spacial score (nSPS) is 19.6. The van der Waals surface area contributed by atoms with Crippen LogP contribution in [-0.2, 0) is 16.4 Å². The Morgan fingerprint density at radius 2 is 2.09 bits per heavy atom. The number of rotatable bonds is 4. The maximum atomic E-state index is 11.4. The van der Waals surface area contributed by atoms with Gasteiger partial charge in [0.1, 0.15) is 6.26 Å². The minimum Gasteiger partial charge on any atom is -0.444 e. The van der Waals surface area contributed by atoms with E-state index in [0.29, 0.717) is 19.0 Å². The quantitative estimate of drug-likeness (QED) is 0.914. The molecule has 0 aliphatic carbocycles. The summed E-state index contributed by atoms with van der Waals surface area (Å²) in [6, 6.07) is 6.47. The highest BCUT2D eigenvalue weighted by atomic mass is 32.2. The predicted octanol–water partition coefficient (Wildman–Crippen LogP) is 1.31. The maximum Gasteiger partial charge on any atom is 0.226 e. The molecule has 0 amide bonds. The third kappa shape index (κ3) is 3.37. The van der Waals surface area contributed by atoms with Crippen LogP contribution in [0.4, 0.5) is 0 Å². The van der Waals surface area contributed by atoms with Gasteiger partial charge in [0.25, 0.3) is 0 Å². The van der Waals surface area contributed by atoms with Crippen LogP contribution >= 0.6 is 0 Å². The van der Waals surface area contributed by atoms with Gasteiger partial charge in [-0.2, -0.15) is 0 Å². The fourth-order valence-corrected chi connectivity index (χ4v) is 3.17. The first-order valence-corrected chi connectivity index (χ1v) is 8.96. The Morgan fingerprint density at radius 1 is 1.36 bits per heavy atom. The summed E-state index contributed by atoms with van der Waals surface area (Å²) in [4.78, 5) is 6.82. The van der Waals surface area contributed by atoms with E-state index >= 15 is 0 Å². The highest BCUT2D eigenvalue weighted by molar-refractivity contribution is 7.90. The van der Waals surface area contributed by atoms with Crippen LogP contribution in [0.1, 0.15) is 12.1 Å². The molecule has 0 saturated carbocycles. The van der Waals surface area contributed by atoms with Crippen molar-refractivity contribution in [2.24, 2.45) is 0 Å².